The lowest BCUT2D eigenvalue weighted by atomic mass is 9.97. The molecule has 3 aromatic rings. The van der Waals surface area contributed by atoms with Crippen LogP contribution in [0.4, 0.5) is 5.95 Å². The Bertz CT molecular complexity index is 1110. The number of nitrogens with zero attached hydrogens (tertiary/aromatic N) is 2. The normalized spacial score (nSPS) is 17.2. The number of benzene rings is 2. The number of aromatic amines is 1. The Morgan fingerprint density at radius 1 is 1.20 bits per heavy atom. The van der Waals surface area contributed by atoms with E-state index in [-0.39, 0.29) is 16.7 Å². The molecule has 2 aromatic carbocycles. The Hall–Kier alpha value is -2.91. The Kier molecular flexibility index (Phi) is 5.74. The van der Waals surface area contributed by atoms with Gasteiger partial charge in [0.2, 0.25) is 21.9 Å². The summed E-state index contributed by atoms with van der Waals surface area (Å²) in [7, 11) is -3.69. The van der Waals surface area contributed by atoms with E-state index in [1.165, 1.54) is 12.1 Å². The average molecular weight is 428 g/mol. The van der Waals surface area contributed by atoms with Crippen LogP contribution in [0.15, 0.2) is 53.4 Å². The Morgan fingerprint density at radius 2 is 1.97 bits per heavy atom. The van der Waals surface area contributed by atoms with E-state index in [4.69, 9.17) is 5.14 Å². The zero-order valence-corrected chi connectivity index (χ0v) is 17.4. The highest BCUT2D eigenvalue weighted by Gasteiger charge is 2.27. The highest BCUT2D eigenvalue weighted by molar-refractivity contribution is 7.89. The number of hydrogen-bond donors (Lipinski definition) is 3. The molecule has 1 saturated heterocycles. The van der Waals surface area contributed by atoms with E-state index in [2.05, 4.69) is 20.2 Å². The fourth-order valence-corrected chi connectivity index (χ4v) is 4.31. The maximum absolute atomic E-state index is 12.7. The van der Waals surface area contributed by atoms with Crippen molar-refractivity contribution < 1.29 is 13.2 Å². The molecule has 158 valence electrons. The van der Waals surface area contributed by atoms with Gasteiger partial charge < -0.3 is 15.2 Å². The Labute approximate surface area is 175 Å². The fourth-order valence-electron chi connectivity index (χ4n) is 3.79. The van der Waals surface area contributed by atoms with Gasteiger partial charge >= 0.3 is 0 Å². The van der Waals surface area contributed by atoms with Crippen molar-refractivity contribution >= 4 is 32.9 Å². The van der Waals surface area contributed by atoms with Gasteiger partial charge in [-0.05, 0) is 49.1 Å². The van der Waals surface area contributed by atoms with E-state index in [0.717, 1.165) is 41.9 Å². The van der Waals surface area contributed by atoms with Crippen LogP contribution < -0.4 is 15.4 Å². The number of fused-ring (bicyclic) bond motifs is 1. The molecule has 9 heteroatoms. The van der Waals surface area contributed by atoms with Crippen molar-refractivity contribution in [2.45, 2.75) is 24.2 Å². The maximum atomic E-state index is 12.7. The average Bonchev–Trinajstić information content (AvgIpc) is 3.18. The standard InChI is InChI=1S/C21H25N5O3S/c22-30(28,29)17-9-7-15(8-10-17)11-12-23-20(27)16-4-3-13-26(14-16)21-24-18-5-1-2-6-19(18)25-21/h1-2,5-10,16H,3-4,11-14H2,(H,23,27)(H,24,25)(H2,22,28,29)/t16-/m1/s1. The molecule has 0 unspecified atom stereocenters. The summed E-state index contributed by atoms with van der Waals surface area (Å²) < 4.78 is 22.6. The van der Waals surface area contributed by atoms with Crippen LogP contribution in [0, 0.1) is 5.92 Å². The number of carbonyl (C=O) groups is 1. The second-order valence-corrected chi connectivity index (χ2v) is 9.15. The molecule has 0 spiro atoms. The van der Waals surface area contributed by atoms with E-state index in [1.807, 2.05) is 24.3 Å². The molecule has 0 aliphatic carbocycles. The summed E-state index contributed by atoms with van der Waals surface area (Å²) in [6, 6.07) is 14.3. The van der Waals surface area contributed by atoms with Crippen LogP contribution in [0.1, 0.15) is 18.4 Å². The lowest BCUT2D eigenvalue weighted by Crippen LogP contribution is -2.43. The van der Waals surface area contributed by atoms with Gasteiger partial charge in [-0.3, -0.25) is 4.79 Å². The quantitative estimate of drug-likeness (QED) is 0.554. The maximum Gasteiger partial charge on any atom is 0.238 e. The molecule has 1 aliphatic heterocycles. The molecule has 1 fully saturated rings. The van der Waals surface area contributed by atoms with Gasteiger partial charge in [-0.25, -0.2) is 18.5 Å². The number of imidazole rings is 1. The summed E-state index contributed by atoms with van der Waals surface area (Å²) >= 11 is 0. The number of nitrogens with two attached hydrogens (primary N) is 1. The molecule has 4 N–H and O–H groups in total. The van der Waals surface area contributed by atoms with Crippen LogP contribution in [0.5, 0.6) is 0 Å². The van der Waals surface area contributed by atoms with Crippen molar-refractivity contribution in [1.29, 1.82) is 0 Å². The molecule has 1 aromatic heterocycles. The molecule has 0 saturated carbocycles. The summed E-state index contributed by atoms with van der Waals surface area (Å²) in [6.45, 7) is 2.00. The number of sulfonamides is 1. The first-order chi connectivity index (χ1) is 14.4. The number of para-hydroxylation sites is 2. The number of primary sulfonamides is 1. The third kappa shape index (κ3) is 4.63. The van der Waals surface area contributed by atoms with E-state index in [9.17, 15) is 13.2 Å². The van der Waals surface area contributed by atoms with Crippen LogP contribution in [0.3, 0.4) is 0 Å². The highest BCUT2D eigenvalue weighted by atomic mass is 32.2. The van der Waals surface area contributed by atoms with E-state index < -0.39 is 10.0 Å². The zero-order valence-electron chi connectivity index (χ0n) is 16.5. The fraction of sp³-hybridized carbons (Fsp3) is 0.333. The highest BCUT2D eigenvalue weighted by Crippen LogP contribution is 2.23. The van der Waals surface area contributed by atoms with Gasteiger partial charge in [0.15, 0.2) is 0 Å². The number of anilines is 1. The van der Waals surface area contributed by atoms with Gasteiger partial charge in [-0.2, -0.15) is 0 Å². The van der Waals surface area contributed by atoms with Crippen molar-refractivity contribution in [2.24, 2.45) is 11.1 Å². The van der Waals surface area contributed by atoms with Crippen LogP contribution in [-0.4, -0.2) is 43.9 Å². The molecular weight excluding hydrogens is 402 g/mol. The summed E-state index contributed by atoms with van der Waals surface area (Å²) in [5.74, 6) is 0.761. The van der Waals surface area contributed by atoms with Crippen molar-refractivity contribution in [3.05, 3.63) is 54.1 Å². The minimum absolute atomic E-state index is 0.0389. The first kappa shape index (κ1) is 20.4. The Morgan fingerprint density at radius 3 is 2.70 bits per heavy atom. The van der Waals surface area contributed by atoms with Gasteiger partial charge in [0, 0.05) is 19.6 Å². The predicted molar refractivity (Wildman–Crippen MR) is 116 cm³/mol. The molecule has 2 heterocycles. The molecule has 4 rings (SSSR count). The number of rotatable bonds is 6. The molecule has 1 amide bonds. The van der Waals surface area contributed by atoms with Crippen molar-refractivity contribution in [3.8, 4) is 0 Å². The molecule has 8 nitrogen and oxygen atoms in total. The van der Waals surface area contributed by atoms with E-state index in [0.29, 0.717) is 19.5 Å². The van der Waals surface area contributed by atoms with Gasteiger partial charge in [0.25, 0.3) is 0 Å². The number of nitrogens with one attached hydrogen (secondary N) is 2. The summed E-state index contributed by atoms with van der Waals surface area (Å²) in [6.07, 6.45) is 2.41. The molecule has 0 radical (unpaired) electrons. The van der Waals surface area contributed by atoms with Crippen LogP contribution in [0.2, 0.25) is 0 Å². The predicted octanol–water partition coefficient (Wildman–Crippen LogP) is 1.79. The van der Waals surface area contributed by atoms with Gasteiger partial charge in [0.05, 0.1) is 21.8 Å². The molecule has 0 bridgehead atoms. The van der Waals surface area contributed by atoms with Gasteiger partial charge in [-0.15, -0.1) is 0 Å². The molecule has 30 heavy (non-hydrogen) atoms. The minimum atomic E-state index is -3.69. The van der Waals surface area contributed by atoms with Crippen LogP contribution in [-0.2, 0) is 21.2 Å². The van der Waals surface area contributed by atoms with Crippen molar-refractivity contribution in [3.63, 3.8) is 0 Å². The second kappa shape index (κ2) is 8.45. The number of H-pyrrole nitrogens is 1. The smallest absolute Gasteiger partial charge is 0.238 e. The third-order valence-electron chi connectivity index (χ3n) is 5.43. The molecule has 1 aliphatic rings. The van der Waals surface area contributed by atoms with Crippen LogP contribution in [0.25, 0.3) is 11.0 Å². The largest absolute Gasteiger partial charge is 0.355 e. The number of aromatic nitrogens is 2. The Balaban J connectivity index is 1.31. The first-order valence-electron chi connectivity index (χ1n) is 9.99. The minimum Gasteiger partial charge on any atom is -0.355 e. The van der Waals surface area contributed by atoms with Crippen LogP contribution >= 0.6 is 0 Å². The third-order valence-corrected chi connectivity index (χ3v) is 6.36. The van der Waals surface area contributed by atoms with Crippen molar-refractivity contribution in [1.82, 2.24) is 15.3 Å². The number of hydrogen-bond acceptors (Lipinski definition) is 5. The van der Waals surface area contributed by atoms with Gasteiger partial charge in [0.1, 0.15) is 0 Å². The second-order valence-electron chi connectivity index (χ2n) is 7.59. The number of amides is 1. The summed E-state index contributed by atoms with van der Waals surface area (Å²) in [4.78, 5) is 22.9. The first-order valence-corrected chi connectivity index (χ1v) is 11.5. The van der Waals surface area contributed by atoms with E-state index in [1.54, 1.807) is 12.1 Å². The number of piperidine rings is 1. The molecule has 1 atom stereocenters. The monoisotopic (exact) mass is 427 g/mol. The topological polar surface area (TPSA) is 121 Å². The lowest BCUT2D eigenvalue weighted by Gasteiger charge is -2.31. The summed E-state index contributed by atoms with van der Waals surface area (Å²) in [5, 5.41) is 8.11. The summed E-state index contributed by atoms with van der Waals surface area (Å²) in [5.41, 5.74) is 2.86. The van der Waals surface area contributed by atoms with Gasteiger partial charge in [-0.1, -0.05) is 24.3 Å². The SMILES string of the molecule is NS(=O)(=O)c1ccc(CCNC(=O)[C@@H]2CCCN(c3nc4ccccc4[nH]3)C2)cc1. The zero-order chi connectivity index (χ0) is 21.1. The molecular formula is C21H25N5O3S. The van der Waals surface area contributed by atoms with E-state index >= 15 is 0 Å². The number of carbonyl (C=O) groups excluding carboxylic acids is 1. The van der Waals surface area contributed by atoms with Crippen molar-refractivity contribution in [2.75, 3.05) is 24.5 Å². The lowest BCUT2D eigenvalue weighted by molar-refractivity contribution is -0.125.